The number of aromatic nitrogens is 2. The van der Waals surface area contributed by atoms with Crippen LogP contribution in [0, 0.1) is 0 Å². The van der Waals surface area contributed by atoms with Gasteiger partial charge in [-0.05, 0) is 47.4 Å². The van der Waals surface area contributed by atoms with Gasteiger partial charge in [-0.3, -0.25) is 14.2 Å². The quantitative estimate of drug-likeness (QED) is 0.446. The van der Waals surface area contributed by atoms with E-state index in [0.717, 1.165) is 31.2 Å². The molecule has 0 N–H and O–H groups in total. The van der Waals surface area contributed by atoms with Crippen LogP contribution in [0.15, 0.2) is 51.0 Å². The van der Waals surface area contributed by atoms with Gasteiger partial charge in [0, 0.05) is 19.6 Å². The molecule has 1 aromatic carbocycles. The molecule has 0 saturated heterocycles. The van der Waals surface area contributed by atoms with Gasteiger partial charge in [0.2, 0.25) is 5.91 Å². The fourth-order valence-electron chi connectivity index (χ4n) is 3.69. The fraction of sp³-hybridized carbons (Fsp3) is 0.381. The molecule has 1 aliphatic carbocycles. The Hall–Kier alpha value is -2.12. The Morgan fingerprint density at radius 3 is 2.82 bits per heavy atom. The Morgan fingerprint density at radius 1 is 1.29 bits per heavy atom. The molecule has 1 fully saturated rings. The summed E-state index contributed by atoms with van der Waals surface area (Å²) in [5.74, 6) is 0.314. The number of carbonyl (C=O) groups is 1. The molecule has 1 aliphatic rings. The van der Waals surface area contributed by atoms with Crippen LogP contribution in [0.4, 0.5) is 0 Å². The van der Waals surface area contributed by atoms with Crippen molar-refractivity contribution in [1.29, 1.82) is 0 Å². The maximum atomic E-state index is 13.1. The number of fused-ring (bicyclic) bond motifs is 1. The third-order valence-corrected chi connectivity index (χ3v) is 6.89. The average molecular weight is 414 g/mol. The maximum absolute atomic E-state index is 13.1. The molecule has 0 unspecified atom stereocenters. The zero-order chi connectivity index (χ0) is 19.5. The number of amides is 1. The lowest BCUT2D eigenvalue weighted by atomic mass is 10.2. The van der Waals surface area contributed by atoms with Crippen molar-refractivity contribution in [3.05, 3.63) is 57.0 Å². The van der Waals surface area contributed by atoms with Crippen molar-refractivity contribution < 1.29 is 4.79 Å². The molecule has 2 aromatic heterocycles. The summed E-state index contributed by atoms with van der Waals surface area (Å²) >= 11 is 3.01. The van der Waals surface area contributed by atoms with Gasteiger partial charge >= 0.3 is 0 Å². The van der Waals surface area contributed by atoms with Gasteiger partial charge in [0.1, 0.15) is 0 Å². The van der Waals surface area contributed by atoms with Gasteiger partial charge in [-0.25, -0.2) is 4.98 Å². The topological polar surface area (TPSA) is 55.2 Å². The van der Waals surface area contributed by atoms with Crippen molar-refractivity contribution in [2.75, 3.05) is 12.8 Å². The summed E-state index contributed by atoms with van der Waals surface area (Å²) in [5.41, 5.74) is 1.85. The molecule has 0 atom stereocenters. The van der Waals surface area contributed by atoms with Crippen molar-refractivity contribution in [1.82, 2.24) is 14.5 Å². The number of rotatable bonds is 6. The number of hydrogen-bond donors (Lipinski definition) is 0. The maximum Gasteiger partial charge on any atom is 0.262 e. The van der Waals surface area contributed by atoms with E-state index in [-0.39, 0.29) is 23.3 Å². The Labute approximate surface area is 172 Å². The minimum atomic E-state index is 0.0130. The summed E-state index contributed by atoms with van der Waals surface area (Å²) in [6.45, 7) is 0.601. The second-order valence-corrected chi connectivity index (χ2v) is 8.92. The first-order valence-electron chi connectivity index (χ1n) is 9.52. The predicted octanol–water partition coefficient (Wildman–Crippen LogP) is 4.32. The van der Waals surface area contributed by atoms with Crippen LogP contribution in [-0.4, -0.2) is 33.2 Å². The van der Waals surface area contributed by atoms with E-state index in [1.165, 1.54) is 11.8 Å². The lowest BCUT2D eigenvalue weighted by Gasteiger charge is -2.20. The molecule has 0 aliphatic heterocycles. The van der Waals surface area contributed by atoms with E-state index in [1.54, 1.807) is 16.2 Å². The molecule has 0 radical (unpaired) electrons. The first-order chi connectivity index (χ1) is 13.6. The Kier molecular flexibility index (Phi) is 5.82. The molecule has 3 aromatic rings. The van der Waals surface area contributed by atoms with Crippen LogP contribution in [0.25, 0.3) is 10.9 Å². The normalized spacial score (nSPS) is 14.6. The second kappa shape index (κ2) is 8.49. The molecular weight excluding hydrogens is 390 g/mol. The van der Waals surface area contributed by atoms with E-state index >= 15 is 0 Å². The molecule has 5 nitrogen and oxygen atoms in total. The van der Waals surface area contributed by atoms with Crippen LogP contribution in [-0.2, 0) is 11.3 Å². The van der Waals surface area contributed by atoms with Gasteiger partial charge in [0.05, 0.1) is 16.7 Å². The molecule has 1 saturated carbocycles. The first kappa shape index (κ1) is 19.2. The largest absolute Gasteiger partial charge is 0.341 e. The van der Waals surface area contributed by atoms with Crippen LogP contribution in [0.5, 0.6) is 0 Å². The van der Waals surface area contributed by atoms with E-state index in [0.29, 0.717) is 22.6 Å². The Morgan fingerprint density at radius 2 is 2.07 bits per heavy atom. The standard InChI is InChI=1S/C21H23N3O2S2/c1-23(12-15-10-11-27-13-15)19(25)14-28-21-22-18-9-5-4-8-17(18)20(26)24(21)16-6-2-3-7-16/h4-5,8-11,13,16H,2-3,6-7,12,14H2,1H3. The van der Waals surface area contributed by atoms with E-state index < -0.39 is 0 Å². The molecule has 28 heavy (non-hydrogen) atoms. The number of thiophene rings is 1. The predicted molar refractivity (Wildman–Crippen MR) is 115 cm³/mol. The number of hydrogen-bond acceptors (Lipinski definition) is 5. The van der Waals surface area contributed by atoms with Gasteiger partial charge in [-0.2, -0.15) is 11.3 Å². The van der Waals surface area contributed by atoms with Crippen molar-refractivity contribution in [3.8, 4) is 0 Å². The summed E-state index contributed by atoms with van der Waals surface area (Å²) in [5, 5.41) is 5.38. The zero-order valence-corrected chi connectivity index (χ0v) is 17.5. The molecule has 2 heterocycles. The highest BCUT2D eigenvalue weighted by molar-refractivity contribution is 7.99. The molecule has 4 rings (SSSR count). The molecule has 0 spiro atoms. The average Bonchev–Trinajstić information content (AvgIpc) is 3.40. The fourth-order valence-corrected chi connectivity index (χ4v) is 5.36. The van der Waals surface area contributed by atoms with Crippen LogP contribution in [0.2, 0.25) is 0 Å². The Balaban J connectivity index is 1.57. The Bertz CT molecular complexity index is 1020. The van der Waals surface area contributed by atoms with Crippen molar-refractivity contribution in [2.24, 2.45) is 0 Å². The highest BCUT2D eigenvalue weighted by Gasteiger charge is 2.23. The minimum absolute atomic E-state index is 0.0130. The van der Waals surface area contributed by atoms with Crippen LogP contribution >= 0.6 is 23.1 Å². The van der Waals surface area contributed by atoms with Crippen molar-refractivity contribution >= 4 is 39.9 Å². The lowest BCUT2D eigenvalue weighted by molar-refractivity contribution is -0.127. The lowest BCUT2D eigenvalue weighted by Crippen LogP contribution is -2.29. The summed E-state index contributed by atoms with van der Waals surface area (Å²) < 4.78 is 1.84. The third-order valence-electron chi connectivity index (χ3n) is 5.22. The molecular formula is C21H23N3O2S2. The van der Waals surface area contributed by atoms with Crippen molar-refractivity contribution in [2.45, 2.75) is 43.4 Å². The smallest absolute Gasteiger partial charge is 0.262 e. The zero-order valence-electron chi connectivity index (χ0n) is 15.8. The second-order valence-electron chi connectivity index (χ2n) is 7.20. The van der Waals surface area contributed by atoms with Gasteiger partial charge < -0.3 is 4.90 Å². The van der Waals surface area contributed by atoms with Gasteiger partial charge in [0.25, 0.3) is 5.56 Å². The van der Waals surface area contributed by atoms with E-state index in [2.05, 4.69) is 5.38 Å². The minimum Gasteiger partial charge on any atom is -0.341 e. The monoisotopic (exact) mass is 413 g/mol. The number of para-hydroxylation sites is 1. The number of nitrogens with zero attached hydrogens (tertiary/aromatic N) is 3. The van der Waals surface area contributed by atoms with E-state index in [9.17, 15) is 9.59 Å². The van der Waals surface area contributed by atoms with Crippen molar-refractivity contribution in [3.63, 3.8) is 0 Å². The summed E-state index contributed by atoms with van der Waals surface area (Å²) in [4.78, 5) is 32.2. The molecule has 146 valence electrons. The van der Waals surface area contributed by atoms with Gasteiger partial charge in [-0.1, -0.05) is 36.7 Å². The van der Waals surface area contributed by atoms with Crippen LogP contribution in [0.3, 0.4) is 0 Å². The molecule has 0 bridgehead atoms. The van der Waals surface area contributed by atoms with E-state index in [4.69, 9.17) is 4.98 Å². The number of carbonyl (C=O) groups excluding carboxylic acids is 1. The number of benzene rings is 1. The highest BCUT2D eigenvalue weighted by atomic mass is 32.2. The third kappa shape index (κ3) is 4.00. The molecule has 1 amide bonds. The first-order valence-corrected chi connectivity index (χ1v) is 11.5. The van der Waals surface area contributed by atoms with Crippen LogP contribution < -0.4 is 5.56 Å². The molecule has 7 heteroatoms. The van der Waals surface area contributed by atoms with Gasteiger partial charge in [0.15, 0.2) is 5.16 Å². The summed E-state index contributed by atoms with van der Waals surface area (Å²) in [6.07, 6.45) is 4.27. The van der Waals surface area contributed by atoms with Gasteiger partial charge in [-0.15, -0.1) is 0 Å². The van der Waals surface area contributed by atoms with E-state index in [1.807, 2.05) is 47.3 Å². The summed E-state index contributed by atoms with van der Waals surface area (Å²) in [7, 11) is 1.82. The summed E-state index contributed by atoms with van der Waals surface area (Å²) in [6, 6.07) is 9.69. The van der Waals surface area contributed by atoms with Crippen LogP contribution in [0.1, 0.15) is 37.3 Å². The SMILES string of the molecule is CN(Cc1ccsc1)C(=O)CSc1nc2ccccc2c(=O)n1C1CCCC1. The number of thioether (sulfide) groups is 1. The highest BCUT2D eigenvalue weighted by Crippen LogP contribution is 2.32.